The first-order chi connectivity index (χ1) is 10.6. The molecule has 1 N–H and O–H groups in total. The number of hydrogen-bond acceptors (Lipinski definition) is 3. The fraction of sp³-hybridized carbons (Fsp3) is 0.222. The molecule has 0 aliphatic heterocycles. The summed E-state index contributed by atoms with van der Waals surface area (Å²) in [5.74, 6) is 2.04. The van der Waals surface area contributed by atoms with Gasteiger partial charge in [0.1, 0.15) is 5.82 Å². The lowest BCUT2D eigenvalue weighted by atomic mass is 10.1. The van der Waals surface area contributed by atoms with Crippen molar-refractivity contribution in [1.29, 1.82) is 0 Å². The van der Waals surface area contributed by atoms with Gasteiger partial charge in [0.2, 0.25) is 0 Å². The number of hydrogen-bond donors (Lipinski definition) is 1. The SMILES string of the molecule is CC(C)CNc1nc(-c2ccccc2Cl)nc2ccccc12.Cl. The summed E-state index contributed by atoms with van der Waals surface area (Å²) in [6.07, 6.45) is 0. The minimum atomic E-state index is 0. The Morgan fingerprint density at radius 3 is 2.43 bits per heavy atom. The molecule has 1 aromatic heterocycles. The highest BCUT2D eigenvalue weighted by atomic mass is 35.5. The van der Waals surface area contributed by atoms with Gasteiger partial charge in [0, 0.05) is 17.5 Å². The third-order valence-electron chi connectivity index (χ3n) is 3.40. The molecule has 3 nitrogen and oxygen atoms in total. The van der Waals surface area contributed by atoms with E-state index in [0.717, 1.165) is 28.8 Å². The summed E-state index contributed by atoms with van der Waals surface area (Å²) >= 11 is 6.29. The van der Waals surface area contributed by atoms with Crippen LogP contribution in [0.1, 0.15) is 13.8 Å². The van der Waals surface area contributed by atoms with Crippen LogP contribution < -0.4 is 5.32 Å². The van der Waals surface area contributed by atoms with Crippen molar-refractivity contribution in [2.75, 3.05) is 11.9 Å². The molecule has 0 aliphatic carbocycles. The molecule has 0 fully saturated rings. The predicted octanol–water partition coefficient (Wildman–Crippen LogP) is 5.44. The van der Waals surface area contributed by atoms with E-state index in [2.05, 4.69) is 24.1 Å². The number of benzene rings is 2. The standard InChI is InChI=1S/C18H18ClN3.ClH/c1-12(2)11-20-17-14-8-4-6-10-16(14)21-18(22-17)13-7-3-5-9-15(13)19;/h3-10,12H,11H2,1-2H3,(H,20,21,22);1H. The first-order valence-electron chi connectivity index (χ1n) is 7.40. The Morgan fingerprint density at radius 2 is 1.70 bits per heavy atom. The third kappa shape index (κ3) is 3.92. The van der Waals surface area contributed by atoms with Crippen molar-refractivity contribution in [2.45, 2.75) is 13.8 Å². The number of nitrogens with zero attached hydrogens (tertiary/aromatic N) is 2. The quantitative estimate of drug-likeness (QED) is 0.682. The van der Waals surface area contributed by atoms with E-state index in [1.54, 1.807) is 0 Å². The molecule has 3 rings (SSSR count). The summed E-state index contributed by atoms with van der Waals surface area (Å²) in [7, 11) is 0. The molecule has 0 saturated heterocycles. The van der Waals surface area contributed by atoms with E-state index in [1.165, 1.54) is 0 Å². The van der Waals surface area contributed by atoms with E-state index in [0.29, 0.717) is 16.8 Å². The summed E-state index contributed by atoms with van der Waals surface area (Å²) in [4.78, 5) is 9.36. The molecule has 0 bridgehead atoms. The first-order valence-corrected chi connectivity index (χ1v) is 7.78. The number of anilines is 1. The molecule has 0 atom stereocenters. The number of nitrogens with one attached hydrogen (secondary N) is 1. The van der Waals surface area contributed by atoms with E-state index in [1.807, 2.05) is 48.5 Å². The Kier molecular flexibility index (Phi) is 5.80. The minimum Gasteiger partial charge on any atom is -0.369 e. The van der Waals surface area contributed by atoms with Gasteiger partial charge < -0.3 is 5.32 Å². The van der Waals surface area contributed by atoms with E-state index in [-0.39, 0.29) is 12.4 Å². The maximum atomic E-state index is 6.29. The second kappa shape index (κ2) is 7.62. The Morgan fingerprint density at radius 1 is 1.00 bits per heavy atom. The van der Waals surface area contributed by atoms with E-state index in [4.69, 9.17) is 16.6 Å². The summed E-state index contributed by atoms with van der Waals surface area (Å²) in [6.45, 7) is 5.21. The lowest BCUT2D eigenvalue weighted by Crippen LogP contribution is -2.10. The van der Waals surface area contributed by atoms with Crippen LogP contribution in [0.3, 0.4) is 0 Å². The van der Waals surface area contributed by atoms with Gasteiger partial charge in [0.25, 0.3) is 0 Å². The van der Waals surface area contributed by atoms with Crippen molar-refractivity contribution < 1.29 is 0 Å². The average Bonchev–Trinajstić information content (AvgIpc) is 2.52. The lowest BCUT2D eigenvalue weighted by molar-refractivity contribution is 0.687. The van der Waals surface area contributed by atoms with Gasteiger partial charge in [0.15, 0.2) is 5.82 Å². The second-order valence-corrected chi connectivity index (χ2v) is 6.07. The van der Waals surface area contributed by atoms with E-state index in [9.17, 15) is 0 Å². The predicted molar refractivity (Wildman–Crippen MR) is 101 cm³/mol. The second-order valence-electron chi connectivity index (χ2n) is 5.67. The number of aromatic nitrogens is 2. The van der Waals surface area contributed by atoms with Gasteiger partial charge in [-0.05, 0) is 30.2 Å². The fourth-order valence-electron chi connectivity index (χ4n) is 2.28. The summed E-state index contributed by atoms with van der Waals surface area (Å²) in [5.41, 5.74) is 1.76. The molecule has 0 spiro atoms. The normalized spacial score (nSPS) is 10.6. The van der Waals surface area contributed by atoms with Crippen LogP contribution in [0.5, 0.6) is 0 Å². The third-order valence-corrected chi connectivity index (χ3v) is 3.73. The molecule has 0 radical (unpaired) electrons. The molecular formula is C18H19Cl2N3. The Bertz CT molecular complexity index is 803. The summed E-state index contributed by atoms with van der Waals surface area (Å²) in [5, 5.41) is 5.11. The van der Waals surface area contributed by atoms with E-state index >= 15 is 0 Å². The van der Waals surface area contributed by atoms with Gasteiger partial charge in [0.05, 0.1) is 10.5 Å². The topological polar surface area (TPSA) is 37.8 Å². The highest BCUT2D eigenvalue weighted by Crippen LogP contribution is 2.29. The average molecular weight is 348 g/mol. The van der Waals surface area contributed by atoms with Gasteiger partial charge in [-0.3, -0.25) is 0 Å². The summed E-state index contributed by atoms with van der Waals surface area (Å²) < 4.78 is 0. The van der Waals surface area contributed by atoms with Gasteiger partial charge >= 0.3 is 0 Å². The maximum Gasteiger partial charge on any atom is 0.163 e. The van der Waals surface area contributed by atoms with Crippen molar-refractivity contribution in [3.63, 3.8) is 0 Å². The number of halogens is 2. The van der Waals surface area contributed by atoms with Crippen LogP contribution in [0.25, 0.3) is 22.3 Å². The molecular weight excluding hydrogens is 329 g/mol. The Labute approximate surface area is 147 Å². The lowest BCUT2D eigenvalue weighted by Gasteiger charge is -2.13. The van der Waals surface area contributed by atoms with Crippen LogP contribution in [0, 0.1) is 5.92 Å². The largest absolute Gasteiger partial charge is 0.369 e. The van der Waals surface area contributed by atoms with Crippen molar-refractivity contribution in [2.24, 2.45) is 5.92 Å². The molecule has 0 aliphatic rings. The molecule has 0 unspecified atom stereocenters. The van der Waals surface area contributed by atoms with Crippen LogP contribution in [0.4, 0.5) is 5.82 Å². The minimum absolute atomic E-state index is 0. The van der Waals surface area contributed by atoms with Gasteiger partial charge in [-0.1, -0.05) is 49.7 Å². The highest BCUT2D eigenvalue weighted by Gasteiger charge is 2.11. The number of fused-ring (bicyclic) bond motifs is 1. The molecule has 2 aromatic carbocycles. The molecule has 120 valence electrons. The maximum absolute atomic E-state index is 6.29. The van der Waals surface area contributed by atoms with Crippen molar-refractivity contribution in [3.8, 4) is 11.4 Å². The molecule has 1 heterocycles. The van der Waals surface area contributed by atoms with Gasteiger partial charge in [-0.15, -0.1) is 12.4 Å². The van der Waals surface area contributed by atoms with Crippen LogP contribution in [0.2, 0.25) is 5.02 Å². The monoisotopic (exact) mass is 347 g/mol. The zero-order valence-electron chi connectivity index (χ0n) is 13.1. The Balaban J connectivity index is 0.00000192. The van der Waals surface area contributed by atoms with E-state index < -0.39 is 0 Å². The van der Waals surface area contributed by atoms with Crippen LogP contribution in [0.15, 0.2) is 48.5 Å². The van der Waals surface area contributed by atoms with Crippen molar-refractivity contribution in [1.82, 2.24) is 9.97 Å². The van der Waals surface area contributed by atoms with Gasteiger partial charge in [-0.25, -0.2) is 9.97 Å². The fourth-order valence-corrected chi connectivity index (χ4v) is 2.50. The molecule has 3 aromatic rings. The number of rotatable bonds is 4. The molecule has 23 heavy (non-hydrogen) atoms. The zero-order chi connectivity index (χ0) is 15.5. The molecule has 0 saturated carbocycles. The van der Waals surface area contributed by atoms with Crippen molar-refractivity contribution >= 4 is 40.7 Å². The first kappa shape index (κ1) is 17.5. The smallest absolute Gasteiger partial charge is 0.163 e. The number of para-hydroxylation sites is 1. The summed E-state index contributed by atoms with van der Waals surface area (Å²) in [6, 6.07) is 15.7. The molecule has 5 heteroatoms. The Hall–Kier alpha value is -1.84. The van der Waals surface area contributed by atoms with Crippen LogP contribution >= 0.6 is 24.0 Å². The zero-order valence-corrected chi connectivity index (χ0v) is 14.7. The van der Waals surface area contributed by atoms with Crippen LogP contribution in [-0.4, -0.2) is 16.5 Å². The van der Waals surface area contributed by atoms with Gasteiger partial charge in [-0.2, -0.15) is 0 Å². The molecule has 0 amide bonds. The van der Waals surface area contributed by atoms with Crippen molar-refractivity contribution in [3.05, 3.63) is 53.6 Å². The highest BCUT2D eigenvalue weighted by molar-refractivity contribution is 6.33. The van der Waals surface area contributed by atoms with Crippen LogP contribution in [-0.2, 0) is 0 Å².